The third-order valence-electron chi connectivity index (χ3n) is 8.18. The predicted octanol–water partition coefficient (Wildman–Crippen LogP) is 3.79. The van der Waals surface area contributed by atoms with Gasteiger partial charge >= 0.3 is 0 Å². The van der Waals surface area contributed by atoms with E-state index < -0.39 is 0 Å². The van der Waals surface area contributed by atoms with Crippen LogP contribution in [0.3, 0.4) is 0 Å². The number of nitrogens with two attached hydrogens (primary N) is 2. The Labute approximate surface area is 282 Å². The molecule has 5 N–H and O–H groups in total. The van der Waals surface area contributed by atoms with Crippen molar-refractivity contribution in [1.29, 1.82) is 0 Å². The number of methoxy groups -OCH3 is 4. The molecule has 2 aromatic carbocycles. The van der Waals surface area contributed by atoms with Crippen molar-refractivity contribution in [2.75, 3.05) is 80.8 Å². The zero-order valence-electron chi connectivity index (χ0n) is 29.2. The van der Waals surface area contributed by atoms with Crippen LogP contribution >= 0.6 is 0 Å². The molecule has 0 saturated carbocycles. The summed E-state index contributed by atoms with van der Waals surface area (Å²) >= 11 is 0. The Morgan fingerprint density at radius 1 is 0.574 bits per heavy atom. The van der Waals surface area contributed by atoms with Crippen molar-refractivity contribution in [1.82, 2.24) is 15.1 Å². The van der Waals surface area contributed by atoms with E-state index in [2.05, 4.69) is 5.32 Å². The standard InChI is InChI=1S/C36H59N5O6/c1-44-31-15-11-29(27-33(31)46-3)13-17-35(42)40(23-7-5-19-37)25-9-21-39-22-10-26-41(24-8-6-20-38)36(43)18-14-30-12-16-32(45-2)34(28-30)47-4/h11-12,15-16,27-28,39H,5-10,13-14,17-26,37-38H2,1-4H3. The van der Waals surface area contributed by atoms with Gasteiger partial charge in [-0.25, -0.2) is 0 Å². The fourth-order valence-corrected chi connectivity index (χ4v) is 5.42. The molecule has 0 aromatic heterocycles. The maximum absolute atomic E-state index is 13.2. The van der Waals surface area contributed by atoms with Crippen molar-refractivity contribution in [3.63, 3.8) is 0 Å². The second-order valence-electron chi connectivity index (χ2n) is 11.6. The lowest BCUT2D eigenvalue weighted by molar-refractivity contribution is -0.132. The highest BCUT2D eigenvalue weighted by molar-refractivity contribution is 5.77. The summed E-state index contributed by atoms with van der Waals surface area (Å²) in [6.07, 6.45) is 7.44. The number of unbranched alkanes of at least 4 members (excludes halogenated alkanes) is 2. The van der Waals surface area contributed by atoms with Gasteiger partial charge in [-0.05, 0) is 113 Å². The molecule has 0 atom stereocenters. The van der Waals surface area contributed by atoms with Gasteiger partial charge in [-0.3, -0.25) is 9.59 Å². The van der Waals surface area contributed by atoms with Gasteiger partial charge in [-0.1, -0.05) is 12.1 Å². The molecule has 264 valence electrons. The highest BCUT2D eigenvalue weighted by Crippen LogP contribution is 2.29. The second kappa shape index (κ2) is 23.7. The molecule has 0 bridgehead atoms. The molecule has 2 rings (SSSR count). The van der Waals surface area contributed by atoms with Crippen LogP contribution in [0.4, 0.5) is 0 Å². The average molecular weight is 658 g/mol. The summed E-state index contributed by atoms with van der Waals surface area (Å²) in [5.74, 6) is 2.99. The van der Waals surface area contributed by atoms with E-state index in [1.54, 1.807) is 28.4 Å². The topological polar surface area (TPSA) is 142 Å². The molecular formula is C36H59N5O6. The van der Waals surface area contributed by atoms with E-state index in [0.717, 1.165) is 62.7 Å². The van der Waals surface area contributed by atoms with Crippen LogP contribution in [-0.4, -0.2) is 102 Å². The quantitative estimate of drug-likeness (QED) is 0.129. The summed E-state index contributed by atoms with van der Waals surface area (Å²) in [6, 6.07) is 11.6. The average Bonchev–Trinajstić information content (AvgIpc) is 3.10. The Morgan fingerprint density at radius 3 is 1.32 bits per heavy atom. The number of aryl methyl sites for hydroxylation is 2. The van der Waals surface area contributed by atoms with Crippen LogP contribution < -0.4 is 35.7 Å². The number of carbonyl (C=O) groups is 2. The number of amides is 2. The number of nitrogens with zero attached hydrogens (tertiary/aromatic N) is 2. The van der Waals surface area contributed by atoms with Crippen molar-refractivity contribution < 1.29 is 28.5 Å². The molecule has 0 saturated heterocycles. The Balaban J connectivity index is 1.79. The zero-order valence-corrected chi connectivity index (χ0v) is 29.2. The zero-order chi connectivity index (χ0) is 34.3. The molecule has 0 spiro atoms. The highest BCUT2D eigenvalue weighted by Gasteiger charge is 2.16. The van der Waals surface area contributed by atoms with Crippen LogP contribution in [0.2, 0.25) is 0 Å². The minimum atomic E-state index is 0.150. The number of hydrogen-bond acceptors (Lipinski definition) is 9. The lowest BCUT2D eigenvalue weighted by Gasteiger charge is -2.24. The van der Waals surface area contributed by atoms with Gasteiger partial charge < -0.3 is 45.5 Å². The van der Waals surface area contributed by atoms with E-state index in [4.69, 9.17) is 30.4 Å². The Morgan fingerprint density at radius 2 is 0.957 bits per heavy atom. The minimum Gasteiger partial charge on any atom is -0.493 e. The number of benzene rings is 2. The number of rotatable bonds is 26. The lowest BCUT2D eigenvalue weighted by Crippen LogP contribution is -2.36. The molecule has 0 aliphatic carbocycles. The second-order valence-corrected chi connectivity index (χ2v) is 11.6. The first-order valence-corrected chi connectivity index (χ1v) is 17.0. The van der Waals surface area contributed by atoms with E-state index >= 15 is 0 Å². The van der Waals surface area contributed by atoms with Gasteiger partial charge in [0.25, 0.3) is 0 Å². The van der Waals surface area contributed by atoms with E-state index in [9.17, 15) is 9.59 Å². The Bertz CT molecular complexity index is 1090. The summed E-state index contributed by atoms with van der Waals surface area (Å²) in [4.78, 5) is 30.3. The number of nitrogens with one attached hydrogen (secondary N) is 1. The van der Waals surface area contributed by atoms with Crippen molar-refractivity contribution in [3.8, 4) is 23.0 Å². The first kappa shape index (κ1) is 39.6. The molecule has 0 aliphatic heterocycles. The SMILES string of the molecule is COc1ccc(CCC(=O)N(CCCCN)CCCNCCCN(CCCCN)C(=O)CCc2ccc(OC)c(OC)c2)cc1OC. The molecule has 11 heteroatoms. The monoisotopic (exact) mass is 657 g/mol. The van der Waals surface area contributed by atoms with Crippen LogP contribution in [0.1, 0.15) is 62.5 Å². The number of carbonyl (C=O) groups excluding carboxylic acids is 2. The van der Waals surface area contributed by atoms with Crippen molar-refractivity contribution in [2.24, 2.45) is 11.5 Å². The van der Waals surface area contributed by atoms with Gasteiger partial charge in [0.05, 0.1) is 28.4 Å². The first-order valence-electron chi connectivity index (χ1n) is 17.0. The third kappa shape index (κ3) is 14.8. The number of ether oxygens (including phenoxy) is 4. The molecule has 0 fully saturated rings. The van der Waals surface area contributed by atoms with Crippen molar-refractivity contribution >= 4 is 11.8 Å². The van der Waals surface area contributed by atoms with Gasteiger partial charge in [0, 0.05) is 39.0 Å². The molecular weight excluding hydrogens is 598 g/mol. The fraction of sp³-hybridized carbons (Fsp3) is 0.611. The van der Waals surface area contributed by atoms with Gasteiger partial charge in [-0.2, -0.15) is 0 Å². The summed E-state index contributed by atoms with van der Waals surface area (Å²) in [5, 5.41) is 3.50. The van der Waals surface area contributed by atoms with E-state index in [1.165, 1.54) is 0 Å². The van der Waals surface area contributed by atoms with E-state index in [-0.39, 0.29) is 11.8 Å². The summed E-state index contributed by atoms with van der Waals surface area (Å²) in [7, 11) is 6.45. The van der Waals surface area contributed by atoms with E-state index in [0.29, 0.717) is 87.9 Å². The predicted molar refractivity (Wildman–Crippen MR) is 188 cm³/mol. The van der Waals surface area contributed by atoms with Crippen LogP contribution in [0.5, 0.6) is 23.0 Å². The first-order chi connectivity index (χ1) is 22.9. The fourth-order valence-electron chi connectivity index (χ4n) is 5.42. The normalized spacial score (nSPS) is 10.9. The molecule has 11 nitrogen and oxygen atoms in total. The molecule has 0 aliphatic rings. The van der Waals surface area contributed by atoms with Crippen molar-refractivity contribution in [3.05, 3.63) is 47.5 Å². The Kier molecular flexibility index (Phi) is 20.0. The van der Waals surface area contributed by atoms with Crippen LogP contribution in [0.15, 0.2) is 36.4 Å². The largest absolute Gasteiger partial charge is 0.493 e. The molecule has 0 radical (unpaired) electrons. The summed E-state index contributed by atoms with van der Waals surface area (Å²) in [6.45, 7) is 5.67. The molecule has 2 aromatic rings. The maximum atomic E-state index is 13.2. The smallest absolute Gasteiger partial charge is 0.222 e. The van der Waals surface area contributed by atoms with Crippen LogP contribution in [0.25, 0.3) is 0 Å². The van der Waals surface area contributed by atoms with Gasteiger partial charge in [0.1, 0.15) is 0 Å². The van der Waals surface area contributed by atoms with Crippen molar-refractivity contribution in [2.45, 2.75) is 64.2 Å². The van der Waals surface area contributed by atoms with Crippen LogP contribution in [0, 0.1) is 0 Å². The summed E-state index contributed by atoms with van der Waals surface area (Å²) < 4.78 is 21.5. The third-order valence-corrected chi connectivity index (χ3v) is 8.18. The van der Waals surface area contributed by atoms with Crippen LogP contribution in [-0.2, 0) is 22.4 Å². The lowest BCUT2D eigenvalue weighted by atomic mass is 10.1. The van der Waals surface area contributed by atoms with Gasteiger partial charge in [0.2, 0.25) is 11.8 Å². The molecule has 47 heavy (non-hydrogen) atoms. The van der Waals surface area contributed by atoms with E-state index in [1.807, 2.05) is 46.2 Å². The van der Waals surface area contributed by atoms with Gasteiger partial charge in [-0.15, -0.1) is 0 Å². The highest BCUT2D eigenvalue weighted by atomic mass is 16.5. The molecule has 2 amide bonds. The minimum absolute atomic E-state index is 0.150. The van der Waals surface area contributed by atoms with Gasteiger partial charge in [0.15, 0.2) is 23.0 Å². The Hall–Kier alpha value is -3.54. The number of hydrogen-bond donors (Lipinski definition) is 3. The maximum Gasteiger partial charge on any atom is 0.222 e. The molecule has 0 heterocycles. The molecule has 0 unspecified atom stereocenters. The summed E-state index contributed by atoms with van der Waals surface area (Å²) in [5.41, 5.74) is 13.5.